The normalized spacial score (nSPS) is 15.2. The van der Waals surface area contributed by atoms with Gasteiger partial charge in [0.15, 0.2) is 5.60 Å². The molecule has 0 amide bonds. The van der Waals surface area contributed by atoms with Gasteiger partial charge in [-0.05, 0) is 18.2 Å². The molecule has 2 N–H and O–H groups in total. The first kappa shape index (κ1) is 17.6. The molecule has 0 aliphatic carbocycles. The van der Waals surface area contributed by atoms with Crippen molar-refractivity contribution in [2.24, 2.45) is 0 Å². The number of carbonyl (C=O) groups is 1. The van der Waals surface area contributed by atoms with Crippen LogP contribution in [0.1, 0.15) is 27.0 Å². The van der Waals surface area contributed by atoms with Gasteiger partial charge < -0.3 is 20.9 Å². The fourth-order valence-electron chi connectivity index (χ4n) is 3.68. The molecule has 2 aliphatic heterocycles. The van der Waals surface area contributed by atoms with Gasteiger partial charge in [-0.2, -0.15) is 0 Å². The average Bonchev–Trinajstić information content (AvgIpc) is 2.88. The van der Waals surface area contributed by atoms with Crippen LogP contribution >= 0.6 is 0 Å². The summed E-state index contributed by atoms with van der Waals surface area (Å²) in [6.45, 7) is 0. The standard InChI is InChI=1S/C20H12N2O3.K/c21-11-5-7-15-17(9-11)24-18-10-12(22)6-8-16(18)20(15)14-4-2-1-3-13(14)19(23)25-20;/h1-10,21-22H;/q-2;+1. The molecule has 5 rings (SSSR count). The fraction of sp³-hybridized carbons (Fsp3) is 0.0500. The number of nitrogens with one attached hydrogen (secondary N) is 2. The van der Waals surface area contributed by atoms with Gasteiger partial charge in [0, 0.05) is 16.7 Å². The van der Waals surface area contributed by atoms with Crippen LogP contribution in [0.3, 0.4) is 0 Å². The van der Waals surface area contributed by atoms with Crippen LogP contribution in [0.2, 0.25) is 0 Å². The van der Waals surface area contributed by atoms with E-state index in [1.54, 1.807) is 48.5 Å². The van der Waals surface area contributed by atoms with Gasteiger partial charge in [0.1, 0.15) is 11.5 Å². The van der Waals surface area contributed by atoms with Crippen molar-refractivity contribution in [3.05, 3.63) is 94.4 Å². The van der Waals surface area contributed by atoms with Gasteiger partial charge in [-0.3, -0.25) is 0 Å². The molecular weight excluding hydrogens is 355 g/mol. The molecule has 5 nitrogen and oxygen atoms in total. The van der Waals surface area contributed by atoms with Crippen molar-refractivity contribution in [3.8, 4) is 11.5 Å². The summed E-state index contributed by atoms with van der Waals surface area (Å²) >= 11 is 0. The third-order valence-corrected chi connectivity index (χ3v) is 4.71. The SMILES string of the molecule is [K+].[NH-]c1ccc2c(c1)Oc1cc([NH-])ccc1C21OC(=O)c2ccccc21. The number of benzene rings is 3. The summed E-state index contributed by atoms with van der Waals surface area (Å²) in [6.07, 6.45) is 0. The average molecular weight is 367 g/mol. The number of ether oxygens (including phenoxy) is 2. The van der Waals surface area contributed by atoms with Crippen molar-refractivity contribution in [1.82, 2.24) is 0 Å². The molecule has 122 valence electrons. The smallest absolute Gasteiger partial charge is 0.699 e. The van der Waals surface area contributed by atoms with Gasteiger partial charge in [0.2, 0.25) is 0 Å². The van der Waals surface area contributed by atoms with Crippen LogP contribution in [-0.4, -0.2) is 5.97 Å². The van der Waals surface area contributed by atoms with E-state index in [1.807, 2.05) is 12.1 Å². The van der Waals surface area contributed by atoms with Crippen LogP contribution in [0, 0.1) is 0 Å². The summed E-state index contributed by atoms with van der Waals surface area (Å²) < 4.78 is 11.9. The molecule has 6 heteroatoms. The Morgan fingerprint density at radius 2 is 1.35 bits per heavy atom. The van der Waals surface area contributed by atoms with Gasteiger partial charge in [0.25, 0.3) is 0 Å². The summed E-state index contributed by atoms with van der Waals surface area (Å²) in [5, 5.41) is 0. The molecule has 1 spiro atoms. The zero-order valence-electron chi connectivity index (χ0n) is 14.0. The largest absolute Gasteiger partial charge is 1.00 e. The molecule has 3 aromatic rings. The minimum Gasteiger partial charge on any atom is -0.699 e. The first-order valence-electron chi connectivity index (χ1n) is 7.82. The summed E-state index contributed by atoms with van der Waals surface area (Å²) in [6, 6.07) is 17.4. The zero-order chi connectivity index (χ0) is 17.2. The molecule has 0 bridgehead atoms. The van der Waals surface area contributed by atoms with E-state index in [4.69, 9.17) is 20.9 Å². The van der Waals surface area contributed by atoms with Crippen LogP contribution in [0.5, 0.6) is 11.5 Å². The minimum absolute atomic E-state index is 0. The molecule has 0 atom stereocenters. The second kappa shape index (κ2) is 6.11. The Morgan fingerprint density at radius 3 is 1.96 bits per heavy atom. The predicted octanol–water partition coefficient (Wildman–Crippen LogP) is 2.63. The Balaban J connectivity index is 0.00000168. The Bertz CT molecular complexity index is 1010. The molecule has 0 unspecified atom stereocenters. The van der Waals surface area contributed by atoms with Crippen molar-refractivity contribution in [2.75, 3.05) is 0 Å². The van der Waals surface area contributed by atoms with E-state index in [9.17, 15) is 4.79 Å². The third-order valence-electron chi connectivity index (χ3n) is 4.71. The molecule has 0 saturated carbocycles. The van der Waals surface area contributed by atoms with Crippen molar-refractivity contribution in [2.45, 2.75) is 5.60 Å². The number of carbonyl (C=O) groups excluding carboxylic acids is 1. The van der Waals surface area contributed by atoms with E-state index in [0.717, 1.165) is 5.56 Å². The van der Waals surface area contributed by atoms with Crippen LogP contribution < -0.4 is 56.1 Å². The molecule has 0 fully saturated rings. The Kier molecular flexibility index (Phi) is 4.13. The van der Waals surface area contributed by atoms with E-state index < -0.39 is 5.60 Å². The maximum atomic E-state index is 12.6. The summed E-state index contributed by atoms with van der Waals surface area (Å²) in [7, 11) is 0. The van der Waals surface area contributed by atoms with E-state index in [2.05, 4.69) is 0 Å². The van der Waals surface area contributed by atoms with Gasteiger partial charge in [-0.15, -0.1) is 11.4 Å². The van der Waals surface area contributed by atoms with Crippen molar-refractivity contribution in [1.29, 1.82) is 0 Å². The Hall–Kier alpha value is -1.83. The second-order valence-corrected chi connectivity index (χ2v) is 6.14. The van der Waals surface area contributed by atoms with Gasteiger partial charge in [-0.25, -0.2) is 4.79 Å². The minimum atomic E-state index is -1.11. The van der Waals surface area contributed by atoms with Crippen LogP contribution in [0.15, 0.2) is 60.7 Å². The molecule has 0 aromatic heterocycles. The Morgan fingerprint density at radius 1 is 0.769 bits per heavy atom. The molecule has 0 saturated heterocycles. The quantitative estimate of drug-likeness (QED) is 0.452. The molecule has 26 heavy (non-hydrogen) atoms. The van der Waals surface area contributed by atoms with Crippen LogP contribution in [-0.2, 0) is 10.3 Å². The van der Waals surface area contributed by atoms with Gasteiger partial charge in [0.05, 0.1) is 5.56 Å². The number of fused-ring (bicyclic) bond motifs is 6. The monoisotopic (exact) mass is 367 g/mol. The maximum Gasteiger partial charge on any atom is 1.00 e. The molecule has 2 aliphatic rings. The topological polar surface area (TPSA) is 83.1 Å². The van der Waals surface area contributed by atoms with E-state index in [0.29, 0.717) is 39.6 Å². The molecule has 2 heterocycles. The van der Waals surface area contributed by atoms with E-state index in [1.165, 1.54) is 0 Å². The predicted molar refractivity (Wildman–Crippen MR) is 92.7 cm³/mol. The molecule has 3 aromatic carbocycles. The van der Waals surface area contributed by atoms with Crippen molar-refractivity contribution < 1.29 is 65.7 Å². The summed E-state index contributed by atoms with van der Waals surface area (Å²) in [4.78, 5) is 12.6. The summed E-state index contributed by atoms with van der Waals surface area (Å²) in [5.41, 5.74) is 17.9. The van der Waals surface area contributed by atoms with Crippen LogP contribution in [0.4, 0.5) is 11.4 Å². The molecular formula is C20H12KN2O3-. The molecule has 0 radical (unpaired) electrons. The van der Waals surface area contributed by atoms with Crippen molar-refractivity contribution >= 4 is 17.3 Å². The number of hydrogen-bond acceptors (Lipinski definition) is 3. The Labute approximate surface area is 192 Å². The third kappa shape index (κ3) is 2.27. The van der Waals surface area contributed by atoms with Crippen molar-refractivity contribution in [3.63, 3.8) is 0 Å². The maximum absolute atomic E-state index is 12.6. The summed E-state index contributed by atoms with van der Waals surface area (Å²) in [5.74, 6) is 0.546. The second-order valence-electron chi connectivity index (χ2n) is 6.14. The number of rotatable bonds is 0. The van der Waals surface area contributed by atoms with E-state index >= 15 is 0 Å². The fourth-order valence-corrected chi connectivity index (χ4v) is 3.68. The van der Waals surface area contributed by atoms with E-state index in [-0.39, 0.29) is 57.4 Å². The van der Waals surface area contributed by atoms with Gasteiger partial charge in [-0.1, -0.05) is 42.5 Å². The number of esters is 1. The first-order valence-corrected chi connectivity index (χ1v) is 7.82. The zero-order valence-corrected chi connectivity index (χ0v) is 17.1. The number of hydrogen-bond donors (Lipinski definition) is 0. The van der Waals surface area contributed by atoms with Gasteiger partial charge >= 0.3 is 57.4 Å². The van der Waals surface area contributed by atoms with Crippen LogP contribution in [0.25, 0.3) is 11.5 Å². The first-order chi connectivity index (χ1) is 12.1.